The summed E-state index contributed by atoms with van der Waals surface area (Å²) >= 11 is 1.56. The highest BCUT2D eigenvalue weighted by Gasteiger charge is 2.25. The summed E-state index contributed by atoms with van der Waals surface area (Å²) < 4.78 is 12.7. The Hall–Kier alpha value is -2.30. The molecule has 2 aromatic heterocycles. The third-order valence-corrected chi connectivity index (χ3v) is 5.95. The number of thioether (sulfide) groups is 1. The van der Waals surface area contributed by atoms with Crippen molar-refractivity contribution in [2.24, 2.45) is 7.05 Å². The Kier molecular flexibility index (Phi) is 8.35. The minimum atomic E-state index is -0.105. The molecule has 3 heterocycles. The SMILES string of the molecule is COCCCNC(=O)CN1CCN(C(=O)c2ccc(CSc3nccn3C)o2)CC1. The van der Waals surface area contributed by atoms with E-state index in [2.05, 4.69) is 15.2 Å². The highest BCUT2D eigenvalue weighted by Crippen LogP contribution is 2.22. The minimum absolute atomic E-state index is 0.00627. The molecule has 1 N–H and O–H groups in total. The predicted molar refractivity (Wildman–Crippen MR) is 113 cm³/mol. The van der Waals surface area contributed by atoms with Crippen LogP contribution in [0, 0.1) is 0 Å². The Bertz CT molecular complexity index is 829. The number of ether oxygens (including phenoxy) is 1. The maximum absolute atomic E-state index is 12.7. The van der Waals surface area contributed by atoms with Gasteiger partial charge in [0.1, 0.15) is 5.76 Å². The van der Waals surface area contributed by atoms with E-state index in [0.717, 1.165) is 17.3 Å². The molecular weight excluding hydrogens is 406 g/mol. The maximum Gasteiger partial charge on any atom is 0.289 e. The number of carbonyl (C=O) groups excluding carboxylic acids is 2. The molecule has 30 heavy (non-hydrogen) atoms. The monoisotopic (exact) mass is 435 g/mol. The quantitative estimate of drug-likeness (QED) is 0.443. The van der Waals surface area contributed by atoms with Gasteiger partial charge in [-0.25, -0.2) is 4.98 Å². The van der Waals surface area contributed by atoms with E-state index in [0.29, 0.717) is 57.4 Å². The van der Waals surface area contributed by atoms with Crippen molar-refractivity contribution in [3.05, 3.63) is 36.0 Å². The molecule has 0 aromatic carbocycles. The topological polar surface area (TPSA) is 92.8 Å². The van der Waals surface area contributed by atoms with Crippen LogP contribution in [0.3, 0.4) is 0 Å². The van der Waals surface area contributed by atoms with Gasteiger partial charge >= 0.3 is 0 Å². The summed E-state index contributed by atoms with van der Waals surface area (Å²) in [6, 6.07) is 3.57. The van der Waals surface area contributed by atoms with Gasteiger partial charge in [-0.1, -0.05) is 11.8 Å². The molecule has 0 saturated carbocycles. The number of furan rings is 1. The molecule has 0 unspecified atom stereocenters. The number of rotatable bonds is 10. The Balaban J connectivity index is 1.40. The standard InChI is InChI=1S/C20H29N5O4S/c1-23-8-7-22-20(23)30-15-16-4-5-17(29-16)19(27)25-11-9-24(10-12-25)14-18(26)21-6-3-13-28-2/h4-5,7-8H,3,6,9-15H2,1-2H3,(H,21,26). The normalized spacial score (nSPS) is 14.8. The number of nitrogens with zero attached hydrogens (tertiary/aromatic N) is 4. The van der Waals surface area contributed by atoms with Crippen molar-refractivity contribution in [2.45, 2.75) is 17.3 Å². The van der Waals surface area contributed by atoms with Gasteiger partial charge in [0, 0.05) is 65.9 Å². The molecule has 1 aliphatic rings. The van der Waals surface area contributed by atoms with Crippen LogP contribution in [0.5, 0.6) is 0 Å². The lowest BCUT2D eigenvalue weighted by atomic mass is 10.2. The van der Waals surface area contributed by atoms with E-state index in [1.807, 2.05) is 23.9 Å². The van der Waals surface area contributed by atoms with E-state index in [4.69, 9.17) is 9.15 Å². The van der Waals surface area contributed by atoms with Gasteiger partial charge in [-0.2, -0.15) is 0 Å². The van der Waals surface area contributed by atoms with Crippen LogP contribution in [0.2, 0.25) is 0 Å². The molecule has 0 bridgehead atoms. The third-order valence-electron chi connectivity index (χ3n) is 4.87. The molecule has 0 spiro atoms. The largest absolute Gasteiger partial charge is 0.455 e. The second kappa shape index (κ2) is 11.2. The number of amides is 2. The fraction of sp³-hybridized carbons (Fsp3) is 0.550. The molecule has 2 amide bonds. The molecule has 10 heteroatoms. The highest BCUT2D eigenvalue weighted by molar-refractivity contribution is 7.98. The molecule has 9 nitrogen and oxygen atoms in total. The summed E-state index contributed by atoms with van der Waals surface area (Å²) in [5.41, 5.74) is 0. The first-order chi connectivity index (χ1) is 14.6. The molecule has 3 rings (SSSR count). The first kappa shape index (κ1) is 22.4. The van der Waals surface area contributed by atoms with E-state index >= 15 is 0 Å². The lowest BCUT2D eigenvalue weighted by molar-refractivity contribution is -0.122. The lowest BCUT2D eigenvalue weighted by Crippen LogP contribution is -2.51. The molecule has 2 aromatic rings. The van der Waals surface area contributed by atoms with Crippen molar-refractivity contribution < 1.29 is 18.7 Å². The molecule has 0 aliphatic carbocycles. The molecule has 1 aliphatic heterocycles. The summed E-state index contributed by atoms with van der Waals surface area (Å²) in [5, 5.41) is 3.79. The van der Waals surface area contributed by atoms with Gasteiger partial charge < -0.3 is 23.9 Å². The Morgan fingerprint density at radius 3 is 2.77 bits per heavy atom. The number of imidazole rings is 1. The van der Waals surface area contributed by atoms with E-state index in [-0.39, 0.29) is 11.8 Å². The van der Waals surface area contributed by atoms with Crippen LogP contribution in [0.1, 0.15) is 22.7 Å². The molecular formula is C20H29N5O4S. The maximum atomic E-state index is 12.7. The van der Waals surface area contributed by atoms with Crippen molar-refractivity contribution in [1.29, 1.82) is 0 Å². The summed E-state index contributed by atoms with van der Waals surface area (Å²) in [6.07, 6.45) is 4.45. The van der Waals surface area contributed by atoms with Crippen LogP contribution in [-0.2, 0) is 22.3 Å². The zero-order valence-corrected chi connectivity index (χ0v) is 18.3. The van der Waals surface area contributed by atoms with Crippen molar-refractivity contribution in [3.8, 4) is 0 Å². The van der Waals surface area contributed by atoms with Crippen LogP contribution >= 0.6 is 11.8 Å². The molecule has 1 fully saturated rings. The number of nitrogens with one attached hydrogen (secondary N) is 1. The lowest BCUT2D eigenvalue weighted by Gasteiger charge is -2.33. The molecule has 0 atom stereocenters. The van der Waals surface area contributed by atoms with Gasteiger partial charge in [-0.3, -0.25) is 14.5 Å². The summed E-state index contributed by atoms with van der Waals surface area (Å²) in [6.45, 7) is 4.09. The van der Waals surface area contributed by atoms with Gasteiger partial charge in [0.25, 0.3) is 5.91 Å². The van der Waals surface area contributed by atoms with Gasteiger partial charge in [-0.05, 0) is 18.6 Å². The van der Waals surface area contributed by atoms with Crippen LogP contribution in [-0.4, -0.2) is 84.2 Å². The summed E-state index contributed by atoms with van der Waals surface area (Å²) in [5.74, 6) is 1.62. The Labute approximate surface area is 180 Å². The average Bonchev–Trinajstić information content (AvgIpc) is 3.38. The summed E-state index contributed by atoms with van der Waals surface area (Å²) in [4.78, 5) is 32.8. The van der Waals surface area contributed by atoms with Crippen LogP contribution < -0.4 is 5.32 Å². The molecule has 1 saturated heterocycles. The van der Waals surface area contributed by atoms with E-state index < -0.39 is 0 Å². The second-order valence-corrected chi connectivity index (χ2v) is 8.08. The third kappa shape index (κ3) is 6.35. The van der Waals surface area contributed by atoms with Crippen LogP contribution in [0.4, 0.5) is 0 Å². The van der Waals surface area contributed by atoms with Crippen molar-refractivity contribution >= 4 is 23.6 Å². The number of hydrogen-bond acceptors (Lipinski definition) is 7. The predicted octanol–water partition coefficient (Wildman–Crippen LogP) is 1.22. The number of piperazine rings is 1. The highest BCUT2D eigenvalue weighted by atomic mass is 32.2. The van der Waals surface area contributed by atoms with E-state index in [1.54, 1.807) is 36.0 Å². The smallest absolute Gasteiger partial charge is 0.289 e. The Morgan fingerprint density at radius 1 is 1.27 bits per heavy atom. The van der Waals surface area contributed by atoms with E-state index in [1.165, 1.54) is 0 Å². The van der Waals surface area contributed by atoms with E-state index in [9.17, 15) is 9.59 Å². The molecule has 164 valence electrons. The number of aryl methyl sites for hydroxylation is 1. The number of carbonyl (C=O) groups is 2. The van der Waals surface area contributed by atoms with Crippen molar-refractivity contribution in [3.63, 3.8) is 0 Å². The zero-order valence-electron chi connectivity index (χ0n) is 17.5. The first-order valence-corrected chi connectivity index (χ1v) is 11.0. The molecule has 0 radical (unpaired) electrons. The Morgan fingerprint density at radius 2 is 2.07 bits per heavy atom. The fourth-order valence-electron chi connectivity index (χ4n) is 3.17. The number of methoxy groups -OCH3 is 1. The average molecular weight is 436 g/mol. The number of aromatic nitrogens is 2. The van der Waals surface area contributed by atoms with Gasteiger partial charge in [0.05, 0.1) is 12.3 Å². The fourth-order valence-corrected chi connectivity index (χ4v) is 3.99. The van der Waals surface area contributed by atoms with Gasteiger partial charge in [0.15, 0.2) is 10.9 Å². The van der Waals surface area contributed by atoms with Crippen molar-refractivity contribution in [1.82, 2.24) is 24.7 Å². The van der Waals surface area contributed by atoms with Crippen molar-refractivity contribution in [2.75, 3.05) is 53.0 Å². The van der Waals surface area contributed by atoms with Crippen LogP contribution in [0.25, 0.3) is 0 Å². The van der Waals surface area contributed by atoms with Gasteiger partial charge in [-0.15, -0.1) is 0 Å². The minimum Gasteiger partial charge on any atom is -0.455 e. The zero-order chi connectivity index (χ0) is 21.3. The second-order valence-electron chi connectivity index (χ2n) is 7.14. The first-order valence-electron chi connectivity index (χ1n) is 10.0. The van der Waals surface area contributed by atoms with Crippen LogP contribution in [0.15, 0.2) is 34.1 Å². The summed E-state index contributed by atoms with van der Waals surface area (Å²) in [7, 11) is 3.59. The number of hydrogen-bond donors (Lipinski definition) is 1. The van der Waals surface area contributed by atoms with Gasteiger partial charge in [0.2, 0.25) is 5.91 Å².